The van der Waals surface area contributed by atoms with Gasteiger partial charge in [-0.2, -0.15) is 0 Å². The van der Waals surface area contributed by atoms with Crippen LogP contribution in [0.25, 0.3) is 0 Å². The molecule has 4 nitrogen and oxygen atoms in total. The lowest BCUT2D eigenvalue weighted by atomic mass is 9.44. The van der Waals surface area contributed by atoms with Gasteiger partial charge in [-0.25, -0.2) is 0 Å². The second-order valence-corrected chi connectivity index (χ2v) is 13.2. The lowest BCUT2D eigenvalue weighted by Gasteiger charge is -2.61. The molecule has 2 heterocycles. The molecular weight excluding hydrogens is 388 g/mol. The molecule has 2 saturated heterocycles. The van der Waals surface area contributed by atoms with E-state index in [1.54, 1.807) is 0 Å². The molecule has 1 spiro atoms. The molecule has 4 saturated carbocycles. The minimum atomic E-state index is -0.537. The molecule has 0 aromatic carbocycles. The number of aliphatic hydroxyl groups is 2. The lowest BCUT2D eigenvalue weighted by molar-refractivity contribution is -0.273. The van der Waals surface area contributed by atoms with E-state index in [0.717, 1.165) is 37.7 Å². The molecule has 0 aromatic heterocycles. The van der Waals surface area contributed by atoms with E-state index >= 15 is 0 Å². The molecule has 0 aromatic rings. The standard InChI is InChI=1S/C27H44O4/c1-15-7-10-27(30-14-15)16(2)24-23(31-27)12-20-18-6-5-17-11-21(28)22(29)13-26(17,4)19(18)8-9-25(20,24)3/h15-24,28-29H,5-14H2,1-4H3/t15-,16+,17-,18+,19-,20-,21+,22-,23-,24-,25-,26-,27-/m0/s1. The zero-order valence-electron chi connectivity index (χ0n) is 20.1. The largest absolute Gasteiger partial charge is 0.390 e. The lowest BCUT2D eigenvalue weighted by Crippen LogP contribution is -2.57. The molecule has 0 amide bonds. The van der Waals surface area contributed by atoms with Gasteiger partial charge in [0.05, 0.1) is 24.9 Å². The van der Waals surface area contributed by atoms with Crippen LogP contribution in [-0.2, 0) is 9.47 Å². The number of aliphatic hydroxyl groups excluding tert-OH is 2. The predicted octanol–water partition coefficient (Wildman–Crippen LogP) is 4.76. The summed E-state index contributed by atoms with van der Waals surface area (Å²) in [4.78, 5) is 0. The Balaban J connectivity index is 1.26. The summed E-state index contributed by atoms with van der Waals surface area (Å²) >= 11 is 0. The molecule has 176 valence electrons. The fourth-order valence-corrected chi connectivity index (χ4v) is 10.3. The van der Waals surface area contributed by atoms with Crippen molar-refractivity contribution in [3.8, 4) is 0 Å². The van der Waals surface area contributed by atoms with E-state index in [-0.39, 0.29) is 11.2 Å². The summed E-state index contributed by atoms with van der Waals surface area (Å²) in [5, 5.41) is 20.9. The molecule has 0 radical (unpaired) electrons. The van der Waals surface area contributed by atoms with Crippen molar-refractivity contribution >= 4 is 0 Å². The van der Waals surface area contributed by atoms with Crippen molar-refractivity contribution in [3.05, 3.63) is 0 Å². The van der Waals surface area contributed by atoms with Crippen LogP contribution in [0.3, 0.4) is 0 Å². The van der Waals surface area contributed by atoms with Crippen LogP contribution in [0.4, 0.5) is 0 Å². The molecule has 4 heteroatoms. The summed E-state index contributed by atoms with van der Waals surface area (Å²) in [5.41, 5.74) is 0.550. The molecule has 0 unspecified atom stereocenters. The Morgan fingerprint density at radius 1 is 0.839 bits per heavy atom. The van der Waals surface area contributed by atoms with E-state index < -0.39 is 12.2 Å². The van der Waals surface area contributed by atoms with Gasteiger partial charge in [0.25, 0.3) is 0 Å². The minimum Gasteiger partial charge on any atom is -0.390 e. The van der Waals surface area contributed by atoms with Crippen molar-refractivity contribution in [3.63, 3.8) is 0 Å². The third-order valence-electron chi connectivity index (χ3n) is 12.0. The van der Waals surface area contributed by atoms with E-state index in [1.807, 2.05) is 0 Å². The highest BCUT2D eigenvalue weighted by Gasteiger charge is 2.69. The van der Waals surface area contributed by atoms with Crippen molar-refractivity contribution < 1.29 is 19.7 Å². The number of hydrogen-bond donors (Lipinski definition) is 2. The molecule has 6 aliphatic rings. The first kappa shape index (κ1) is 21.4. The van der Waals surface area contributed by atoms with Crippen molar-refractivity contribution in [2.45, 2.75) is 110 Å². The Kier molecular flexibility index (Phi) is 4.78. The van der Waals surface area contributed by atoms with Gasteiger partial charge in [-0.05, 0) is 97.7 Å². The number of hydrogen-bond acceptors (Lipinski definition) is 4. The summed E-state index contributed by atoms with van der Waals surface area (Å²) in [6, 6.07) is 0. The van der Waals surface area contributed by atoms with Crippen LogP contribution in [0.5, 0.6) is 0 Å². The maximum absolute atomic E-state index is 10.6. The Morgan fingerprint density at radius 3 is 2.39 bits per heavy atom. The molecule has 31 heavy (non-hydrogen) atoms. The number of fused-ring (bicyclic) bond motifs is 7. The molecule has 6 rings (SSSR count). The van der Waals surface area contributed by atoms with Crippen LogP contribution >= 0.6 is 0 Å². The van der Waals surface area contributed by atoms with Crippen LogP contribution in [0.1, 0.15) is 85.5 Å². The van der Waals surface area contributed by atoms with Gasteiger partial charge in [0, 0.05) is 12.3 Å². The smallest absolute Gasteiger partial charge is 0.171 e. The Hall–Kier alpha value is -0.160. The summed E-state index contributed by atoms with van der Waals surface area (Å²) in [7, 11) is 0. The van der Waals surface area contributed by atoms with Crippen LogP contribution < -0.4 is 0 Å². The molecule has 2 N–H and O–H groups in total. The van der Waals surface area contributed by atoms with Gasteiger partial charge in [0.1, 0.15) is 0 Å². The molecule has 2 aliphatic heterocycles. The van der Waals surface area contributed by atoms with Gasteiger partial charge >= 0.3 is 0 Å². The predicted molar refractivity (Wildman–Crippen MR) is 119 cm³/mol. The summed E-state index contributed by atoms with van der Waals surface area (Å²) in [6.07, 6.45) is 9.51. The zero-order valence-corrected chi connectivity index (χ0v) is 20.1. The minimum absolute atomic E-state index is 0.191. The van der Waals surface area contributed by atoms with Crippen LogP contribution in [0, 0.1) is 52.3 Å². The Bertz CT molecular complexity index is 716. The van der Waals surface area contributed by atoms with Gasteiger partial charge in [-0.1, -0.05) is 27.7 Å². The zero-order chi connectivity index (χ0) is 21.8. The molecule has 13 atom stereocenters. The van der Waals surface area contributed by atoms with Crippen LogP contribution in [0.15, 0.2) is 0 Å². The van der Waals surface area contributed by atoms with E-state index in [9.17, 15) is 10.2 Å². The molecule has 4 aliphatic carbocycles. The maximum atomic E-state index is 10.6. The first-order chi connectivity index (χ1) is 14.7. The second-order valence-electron chi connectivity index (χ2n) is 13.2. The fraction of sp³-hybridized carbons (Fsp3) is 1.00. The topological polar surface area (TPSA) is 58.9 Å². The first-order valence-corrected chi connectivity index (χ1v) is 13.4. The molecule has 0 bridgehead atoms. The second kappa shape index (κ2) is 6.93. The Labute approximate surface area is 188 Å². The third kappa shape index (κ3) is 2.80. The van der Waals surface area contributed by atoms with E-state index in [2.05, 4.69) is 27.7 Å². The highest BCUT2D eigenvalue weighted by Crippen LogP contribution is 2.71. The average molecular weight is 433 g/mol. The fourth-order valence-electron chi connectivity index (χ4n) is 10.3. The van der Waals surface area contributed by atoms with Gasteiger partial charge < -0.3 is 19.7 Å². The molecular formula is C27H44O4. The van der Waals surface area contributed by atoms with Crippen molar-refractivity contribution in [2.75, 3.05) is 6.61 Å². The number of ether oxygens (including phenoxy) is 2. The van der Waals surface area contributed by atoms with Gasteiger partial charge in [0.15, 0.2) is 5.79 Å². The van der Waals surface area contributed by atoms with Crippen LogP contribution in [-0.4, -0.2) is 40.9 Å². The summed E-state index contributed by atoms with van der Waals surface area (Å²) < 4.78 is 13.3. The molecule has 6 fully saturated rings. The maximum Gasteiger partial charge on any atom is 0.171 e. The highest BCUT2D eigenvalue weighted by molar-refractivity contribution is 5.15. The van der Waals surface area contributed by atoms with E-state index in [0.29, 0.717) is 41.1 Å². The number of rotatable bonds is 0. The van der Waals surface area contributed by atoms with E-state index in [1.165, 1.54) is 38.5 Å². The Morgan fingerprint density at radius 2 is 1.65 bits per heavy atom. The third-order valence-corrected chi connectivity index (χ3v) is 12.0. The monoisotopic (exact) mass is 432 g/mol. The van der Waals surface area contributed by atoms with Gasteiger partial charge in [0.2, 0.25) is 0 Å². The highest BCUT2D eigenvalue weighted by atomic mass is 16.7. The summed E-state index contributed by atoms with van der Waals surface area (Å²) in [5.74, 6) is 4.21. The normalized spacial score (nSPS) is 63.3. The van der Waals surface area contributed by atoms with Gasteiger partial charge in [-0.15, -0.1) is 0 Å². The summed E-state index contributed by atoms with van der Waals surface area (Å²) in [6.45, 7) is 10.6. The van der Waals surface area contributed by atoms with Gasteiger partial charge in [-0.3, -0.25) is 0 Å². The van der Waals surface area contributed by atoms with Crippen LogP contribution in [0.2, 0.25) is 0 Å². The quantitative estimate of drug-likeness (QED) is 0.579. The first-order valence-electron chi connectivity index (χ1n) is 13.4. The average Bonchev–Trinajstić information content (AvgIpc) is 3.16. The van der Waals surface area contributed by atoms with Crippen molar-refractivity contribution in [1.29, 1.82) is 0 Å². The van der Waals surface area contributed by atoms with Crippen molar-refractivity contribution in [2.24, 2.45) is 52.3 Å². The van der Waals surface area contributed by atoms with Crippen molar-refractivity contribution in [1.82, 2.24) is 0 Å². The SMILES string of the molecule is C[C@H]1CC[C@]2(OC1)O[C@H]1C[C@H]3[C@@H]4CC[C@H]5C[C@@H](O)[C@@H](O)C[C@]5(C)[C@H]4CC[C@]3(C)[C@H]1[C@H]2C. The van der Waals surface area contributed by atoms with E-state index in [4.69, 9.17) is 9.47 Å².